The normalized spacial score (nSPS) is 30.9. The number of H-pyrrole nitrogens is 1. The summed E-state index contributed by atoms with van der Waals surface area (Å²) >= 11 is 0. The zero-order chi connectivity index (χ0) is 19.3. The second kappa shape index (κ2) is 6.55. The second-order valence-corrected chi connectivity index (χ2v) is 7.99. The molecular weight excluding hydrogens is 354 g/mol. The van der Waals surface area contributed by atoms with E-state index in [4.69, 9.17) is 24.7 Å². The third-order valence-corrected chi connectivity index (χ3v) is 4.98. The Labute approximate surface area is 156 Å². The maximum atomic E-state index is 12.1. The predicted molar refractivity (Wildman–Crippen MR) is 96.0 cm³/mol. The molecule has 10 heteroatoms. The van der Waals surface area contributed by atoms with E-state index in [0.717, 1.165) is 6.42 Å². The van der Waals surface area contributed by atoms with Gasteiger partial charge in [-0.2, -0.15) is 4.98 Å². The highest BCUT2D eigenvalue weighted by Gasteiger charge is 2.53. The van der Waals surface area contributed by atoms with Crippen molar-refractivity contribution in [1.29, 1.82) is 0 Å². The van der Waals surface area contributed by atoms with Gasteiger partial charge in [0, 0.05) is 13.0 Å². The van der Waals surface area contributed by atoms with E-state index in [1.165, 1.54) is 7.11 Å². The second-order valence-electron chi connectivity index (χ2n) is 7.99. The van der Waals surface area contributed by atoms with E-state index in [1.807, 2.05) is 25.3 Å². The number of nitrogens with zero attached hydrogens (tertiary/aromatic N) is 3. The number of hydrogen-bond acceptors (Lipinski definition) is 8. The highest BCUT2D eigenvalue weighted by molar-refractivity contribution is 5.70. The SMILES string of the molecule is COC1O[C@H]2[C@H](COC(C)(C)C)C[C@H](n3cnc4c(=O)[nH]c(N)nc43)[C@H]2O1. The summed E-state index contributed by atoms with van der Waals surface area (Å²) in [4.78, 5) is 23.0. The molecule has 2 fully saturated rings. The summed E-state index contributed by atoms with van der Waals surface area (Å²) in [5.74, 6) is 0.158. The lowest BCUT2D eigenvalue weighted by Crippen LogP contribution is -2.30. The minimum atomic E-state index is -0.726. The van der Waals surface area contributed by atoms with Gasteiger partial charge in [0.25, 0.3) is 12.0 Å². The number of anilines is 1. The smallest absolute Gasteiger partial charge is 0.280 e. The van der Waals surface area contributed by atoms with E-state index in [1.54, 1.807) is 6.33 Å². The van der Waals surface area contributed by atoms with Crippen LogP contribution < -0.4 is 11.3 Å². The summed E-state index contributed by atoms with van der Waals surface area (Å²) in [5, 5.41) is 0. The van der Waals surface area contributed by atoms with Gasteiger partial charge in [0.15, 0.2) is 11.2 Å². The van der Waals surface area contributed by atoms with Crippen LogP contribution in [0.2, 0.25) is 0 Å². The van der Waals surface area contributed by atoms with Gasteiger partial charge in [0.05, 0.1) is 30.7 Å². The van der Waals surface area contributed by atoms with Gasteiger partial charge in [0.1, 0.15) is 6.10 Å². The molecule has 1 aliphatic heterocycles. The first-order valence-electron chi connectivity index (χ1n) is 8.97. The molecule has 5 atom stereocenters. The number of aromatic nitrogens is 4. The van der Waals surface area contributed by atoms with Crippen molar-refractivity contribution >= 4 is 17.1 Å². The molecule has 1 unspecified atom stereocenters. The Morgan fingerprint density at radius 2 is 2.11 bits per heavy atom. The summed E-state index contributed by atoms with van der Waals surface area (Å²) in [7, 11) is 1.54. The third kappa shape index (κ3) is 3.33. The van der Waals surface area contributed by atoms with Crippen LogP contribution in [0, 0.1) is 5.92 Å². The van der Waals surface area contributed by atoms with E-state index >= 15 is 0 Å². The van der Waals surface area contributed by atoms with Crippen molar-refractivity contribution in [1.82, 2.24) is 19.5 Å². The molecule has 0 radical (unpaired) electrons. The van der Waals surface area contributed by atoms with E-state index in [9.17, 15) is 4.79 Å². The summed E-state index contributed by atoms with van der Waals surface area (Å²) in [5.41, 5.74) is 5.79. The van der Waals surface area contributed by atoms with Crippen LogP contribution in [0.15, 0.2) is 11.1 Å². The molecular formula is C17H25N5O5. The minimum absolute atomic E-state index is 0.0507. The van der Waals surface area contributed by atoms with E-state index in [0.29, 0.717) is 12.3 Å². The Morgan fingerprint density at radius 1 is 1.37 bits per heavy atom. The van der Waals surface area contributed by atoms with Crippen molar-refractivity contribution < 1.29 is 18.9 Å². The lowest BCUT2D eigenvalue weighted by atomic mass is 10.1. The summed E-state index contributed by atoms with van der Waals surface area (Å²) in [6.07, 6.45) is 1.90. The fourth-order valence-electron chi connectivity index (χ4n) is 3.80. The van der Waals surface area contributed by atoms with E-state index in [2.05, 4.69) is 15.0 Å². The lowest BCUT2D eigenvalue weighted by molar-refractivity contribution is -0.238. The summed E-state index contributed by atoms with van der Waals surface area (Å²) < 4.78 is 24.9. The lowest BCUT2D eigenvalue weighted by Gasteiger charge is -2.24. The van der Waals surface area contributed by atoms with Crippen LogP contribution in [0.25, 0.3) is 11.2 Å². The Kier molecular flexibility index (Phi) is 4.46. The molecule has 2 aromatic heterocycles. The molecule has 2 aromatic rings. The molecule has 0 aromatic carbocycles. The van der Waals surface area contributed by atoms with Crippen LogP contribution in [0.5, 0.6) is 0 Å². The van der Waals surface area contributed by atoms with Crippen molar-refractivity contribution in [3.8, 4) is 0 Å². The van der Waals surface area contributed by atoms with Crippen LogP contribution in [0.1, 0.15) is 33.2 Å². The van der Waals surface area contributed by atoms with E-state index in [-0.39, 0.29) is 46.8 Å². The Morgan fingerprint density at radius 3 is 2.81 bits per heavy atom. The number of nitrogen functional groups attached to an aromatic ring is 1. The first-order valence-corrected chi connectivity index (χ1v) is 8.97. The van der Waals surface area contributed by atoms with Crippen molar-refractivity contribution in [3.63, 3.8) is 0 Å². The summed E-state index contributed by atoms with van der Waals surface area (Å²) in [6.45, 7) is 5.86. The molecule has 1 saturated carbocycles. The number of hydrogen-bond donors (Lipinski definition) is 2. The number of imidazole rings is 1. The molecule has 1 saturated heterocycles. The van der Waals surface area contributed by atoms with Gasteiger partial charge < -0.3 is 29.2 Å². The van der Waals surface area contributed by atoms with Gasteiger partial charge in [-0.25, -0.2) is 4.98 Å². The number of aromatic amines is 1. The quantitative estimate of drug-likeness (QED) is 0.798. The first-order chi connectivity index (χ1) is 12.8. The minimum Gasteiger partial charge on any atom is -0.375 e. The largest absolute Gasteiger partial charge is 0.375 e. The molecule has 10 nitrogen and oxygen atoms in total. The fraction of sp³-hybridized carbons (Fsp3) is 0.706. The van der Waals surface area contributed by atoms with Crippen LogP contribution in [0.4, 0.5) is 5.95 Å². The number of methoxy groups -OCH3 is 1. The Hall–Kier alpha value is -2.01. The first kappa shape index (κ1) is 18.4. The Balaban J connectivity index is 1.67. The number of ether oxygens (including phenoxy) is 4. The number of rotatable bonds is 4. The molecule has 3 N–H and O–H groups in total. The van der Waals surface area contributed by atoms with Gasteiger partial charge in [-0.3, -0.25) is 9.78 Å². The third-order valence-electron chi connectivity index (χ3n) is 4.98. The van der Waals surface area contributed by atoms with Crippen molar-refractivity contribution in [2.75, 3.05) is 19.5 Å². The van der Waals surface area contributed by atoms with Gasteiger partial charge in [-0.15, -0.1) is 0 Å². The van der Waals surface area contributed by atoms with Crippen molar-refractivity contribution in [2.45, 2.75) is 57.5 Å². The number of nitrogens with one attached hydrogen (secondary N) is 1. The van der Waals surface area contributed by atoms with Crippen molar-refractivity contribution in [2.24, 2.45) is 5.92 Å². The van der Waals surface area contributed by atoms with Crippen LogP contribution >= 0.6 is 0 Å². The number of nitrogens with two attached hydrogens (primary N) is 1. The zero-order valence-electron chi connectivity index (χ0n) is 15.8. The van der Waals surface area contributed by atoms with Crippen molar-refractivity contribution in [3.05, 3.63) is 16.7 Å². The van der Waals surface area contributed by atoms with Gasteiger partial charge in [0.2, 0.25) is 5.95 Å². The number of fused-ring (bicyclic) bond motifs is 2. The van der Waals surface area contributed by atoms with Crippen LogP contribution in [-0.2, 0) is 18.9 Å². The maximum absolute atomic E-state index is 12.1. The van der Waals surface area contributed by atoms with E-state index < -0.39 is 6.48 Å². The molecule has 148 valence electrons. The molecule has 4 rings (SSSR count). The highest BCUT2D eigenvalue weighted by atomic mass is 16.9. The average Bonchev–Trinajstić information content (AvgIpc) is 3.25. The van der Waals surface area contributed by atoms with Gasteiger partial charge in [-0.05, 0) is 27.2 Å². The molecule has 2 aliphatic rings. The van der Waals surface area contributed by atoms with Crippen LogP contribution in [-0.4, -0.2) is 57.5 Å². The Bertz CT molecular complexity index is 888. The fourth-order valence-corrected chi connectivity index (χ4v) is 3.80. The molecule has 0 spiro atoms. The average molecular weight is 379 g/mol. The standard InChI is InChI=1S/C17H25N5O5/c1-17(2,3)25-6-8-5-9(12-11(8)26-16(24-4)27-12)22-7-19-10-13(22)20-15(18)21-14(10)23/h7-9,11-12,16H,5-6H2,1-4H3,(H3,18,20,21,23)/t8-,9-,11-,12+,16?/m0/s1. The molecule has 27 heavy (non-hydrogen) atoms. The van der Waals surface area contributed by atoms with Gasteiger partial charge in [-0.1, -0.05) is 0 Å². The molecule has 0 bridgehead atoms. The monoisotopic (exact) mass is 379 g/mol. The summed E-state index contributed by atoms with van der Waals surface area (Å²) in [6, 6.07) is -0.123. The highest BCUT2D eigenvalue weighted by Crippen LogP contribution is 2.45. The topological polar surface area (TPSA) is 127 Å². The van der Waals surface area contributed by atoms with Gasteiger partial charge >= 0.3 is 0 Å². The molecule has 1 aliphatic carbocycles. The maximum Gasteiger partial charge on any atom is 0.280 e. The molecule has 3 heterocycles. The predicted octanol–water partition coefficient (Wildman–Crippen LogP) is 0.792. The molecule has 0 amide bonds. The van der Waals surface area contributed by atoms with Crippen LogP contribution in [0.3, 0.4) is 0 Å². The zero-order valence-corrected chi connectivity index (χ0v) is 15.8.